The Hall–Kier alpha value is -6.65. The van der Waals surface area contributed by atoms with Crippen molar-refractivity contribution in [3.8, 4) is 62.1 Å². The van der Waals surface area contributed by atoms with E-state index in [1.54, 1.807) is 0 Å². The Balaban J connectivity index is 1.22. The number of para-hydroxylation sites is 1. The van der Waals surface area contributed by atoms with E-state index in [2.05, 4.69) is 176 Å². The van der Waals surface area contributed by atoms with Crippen LogP contribution < -0.4 is 0 Å². The highest BCUT2D eigenvalue weighted by Crippen LogP contribution is 2.53. The fraction of sp³-hybridized carbons (Fsp3) is 0.0625. The molecule has 4 heteroatoms. The van der Waals surface area contributed by atoms with Crippen LogP contribution in [0.5, 0.6) is 0 Å². The van der Waals surface area contributed by atoms with E-state index in [1.165, 1.54) is 38.6 Å². The van der Waals surface area contributed by atoms with E-state index >= 15 is 0 Å². The Bertz CT molecular complexity index is 2800. The van der Waals surface area contributed by atoms with Crippen LogP contribution in [0.2, 0.25) is 0 Å². The molecule has 1 aliphatic rings. The van der Waals surface area contributed by atoms with Crippen LogP contribution in [0.4, 0.5) is 0 Å². The molecule has 0 bridgehead atoms. The van der Waals surface area contributed by atoms with Crippen LogP contribution >= 0.6 is 0 Å². The minimum Gasteiger partial charge on any atom is -0.278 e. The lowest BCUT2D eigenvalue weighted by Gasteiger charge is -2.21. The maximum atomic E-state index is 5.28. The molecule has 4 nitrogen and oxygen atoms in total. The lowest BCUT2D eigenvalue weighted by atomic mass is 9.82. The van der Waals surface area contributed by atoms with Crippen LogP contribution in [0.25, 0.3) is 83.9 Å². The maximum Gasteiger partial charge on any atom is 0.238 e. The van der Waals surface area contributed by atoms with Crippen LogP contribution in [-0.4, -0.2) is 19.5 Å². The molecule has 0 N–H and O–H groups in total. The fourth-order valence-corrected chi connectivity index (χ4v) is 8.10. The summed E-state index contributed by atoms with van der Waals surface area (Å²) < 4.78 is 2.23. The molecule has 7 aromatic carbocycles. The van der Waals surface area contributed by atoms with Crippen molar-refractivity contribution in [3.05, 3.63) is 181 Å². The zero-order chi connectivity index (χ0) is 34.8. The Labute approximate surface area is 302 Å². The molecule has 2 aromatic heterocycles. The smallest absolute Gasteiger partial charge is 0.238 e. The molecule has 246 valence electrons. The summed E-state index contributed by atoms with van der Waals surface area (Å²) >= 11 is 0. The predicted molar refractivity (Wildman–Crippen MR) is 213 cm³/mol. The highest BCUT2D eigenvalue weighted by Gasteiger charge is 2.37. The number of benzene rings is 7. The molecule has 9 aromatic rings. The van der Waals surface area contributed by atoms with Gasteiger partial charge in [-0.3, -0.25) is 4.57 Å². The second kappa shape index (κ2) is 11.7. The van der Waals surface area contributed by atoms with E-state index in [1.807, 2.05) is 12.1 Å². The number of hydrogen-bond acceptors (Lipinski definition) is 3. The fourth-order valence-electron chi connectivity index (χ4n) is 8.10. The topological polar surface area (TPSA) is 43.6 Å². The van der Waals surface area contributed by atoms with Crippen LogP contribution in [0.3, 0.4) is 0 Å². The molecular weight excluding hydrogens is 633 g/mol. The van der Waals surface area contributed by atoms with Gasteiger partial charge in [-0.25, -0.2) is 4.98 Å². The summed E-state index contributed by atoms with van der Waals surface area (Å²) in [6, 6.07) is 60.0. The molecule has 0 saturated heterocycles. The first-order valence-electron chi connectivity index (χ1n) is 17.8. The van der Waals surface area contributed by atoms with Crippen molar-refractivity contribution >= 4 is 21.8 Å². The molecule has 0 spiro atoms. The lowest BCUT2D eigenvalue weighted by molar-refractivity contribution is 0.661. The normalized spacial score (nSPS) is 13.0. The van der Waals surface area contributed by atoms with Crippen molar-refractivity contribution in [2.75, 3.05) is 0 Å². The average Bonchev–Trinajstić information content (AvgIpc) is 3.67. The molecule has 0 aliphatic heterocycles. The molecule has 0 radical (unpaired) electrons. The average molecular weight is 667 g/mol. The van der Waals surface area contributed by atoms with Gasteiger partial charge in [-0.1, -0.05) is 166 Å². The highest BCUT2D eigenvalue weighted by atomic mass is 15.2. The maximum absolute atomic E-state index is 5.28. The number of fused-ring (bicyclic) bond motifs is 7. The molecule has 52 heavy (non-hydrogen) atoms. The predicted octanol–water partition coefficient (Wildman–Crippen LogP) is 11.9. The molecular formula is C48H34N4. The number of aromatic nitrogens is 4. The highest BCUT2D eigenvalue weighted by molar-refractivity contribution is 6.17. The number of nitrogens with zero attached hydrogens (tertiary/aromatic N) is 4. The molecule has 0 unspecified atom stereocenters. The summed E-state index contributed by atoms with van der Waals surface area (Å²) in [6.45, 7) is 4.67. The van der Waals surface area contributed by atoms with Gasteiger partial charge in [0.15, 0.2) is 11.6 Å². The van der Waals surface area contributed by atoms with Crippen LogP contribution in [-0.2, 0) is 5.41 Å². The molecule has 0 atom stereocenters. The number of hydrogen-bond donors (Lipinski definition) is 0. The molecule has 10 rings (SSSR count). The molecule has 1 aliphatic carbocycles. The van der Waals surface area contributed by atoms with E-state index in [-0.39, 0.29) is 5.41 Å². The second-order valence-electron chi connectivity index (χ2n) is 14.1. The van der Waals surface area contributed by atoms with Crippen LogP contribution in [0.1, 0.15) is 25.0 Å². The minimum absolute atomic E-state index is 0.105. The van der Waals surface area contributed by atoms with E-state index in [0.717, 1.165) is 38.9 Å². The molecule has 2 heterocycles. The molecule has 0 fully saturated rings. The van der Waals surface area contributed by atoms with E-state index < -0.39 is 0 Å². The third kappa shape index (κ3) is 4.72. The Morgan fingerprint density at radius 3 is 1.77 bits per heavy atom. The number of rotatable bonds is 5. The van der Waals surface area contributed by atoms with Crippen molar-refractivity contribution < 1.29 is 0 Å². The summed E-state index contributed by atoms with van der Waals surface area (Å²) in [5.41, 5.74) is 13.8. The standard InChI is InChI=1S/C48H34N4/c1-48(2)39-22-11-9-20-37(39)43-40(48)28-29-42-44(43)38-21-10-12-23-41(38)52(42)47-50-45(34-26-24-33(25-27-34)31-14-5-3-6-15-31)49-46(51-47)36-19-13-18-35(30-36)32-16-7-4-8-17-32/h3-30H,1-2H3. The van der Waals surface area contributed by atoms with Gasteiger partial charge in [0.2, 0.25) is 5.95 Å². The van der Waals surface area contributed by atoms with Crippen molar-refractivity contribution in [3.63, 3.8) is 0 Å². The van der Waals surface area contributed by atoms with Crippen molar-refractivity contribution in [2.45, 2.75) is 19.3 Å². The first-order valence-corrected chi connectivity index (χ1v) is 17.8. The van der Waals surface area contributed by atoms with Gasteiger partial charge in [0.1, 0.15) is 0 Å². The monoisotopic (exact) mass is 666 g/mol. The van der Waals surface area contributed by atoms with Crippen molar-refractivity contribution in [2.24, 2.45) is 0 Å². The van der Waals surface area contributed by atoms with Gasteiger partial charge in [-0.05, 0) is 62.7 Å². The molecule has 0 saturated carbocycles. The Morgan fingerprint density at radius 2 is 1.00 bits per heavy atom. The van der Waals surface area contributed by atoms with E-state index in [9.17, 15) is 0 Å². The summed E-state index contributed by atoms with van der Waals surface area (Å²) in [6.07, 6.45) is 0. The largest absolute Gasteiger partial charge is 0.278 e. The summed E-state index contributed by atoms with van der Waals surface area (Å²) in [5.74, 6) is 1.85. The second-order valence-corrected chi connectivity index (χ2v) is 14.1. The molecule has 0 amide bonds. The lowest BCUT2D eigenvalue weighted by Crippen LogP contribution is -2.14. The summed E-state index contributed by atoms with van der Waals surface area (Å²) in [4.78, 5) is 15.7. The zero-order valence-electron chi connectivity index (χ0n) is 29.0. The van der Waals surface area contributed by atoms with Gasteiger partial charge in [0, 0.05) is 27.3 Å². The van der Waals surface area contributed by atoms with Gasteiger partial charge >= 0.3 is 0 Å². The van der Waals surface area contributed by atoms with Gasteiger partial charge in [0.25, 0.3) is 0 Å². The van der Waals surface area contributed by atoms with E-state index in [0.29, 0.717) is 17.6 Å². The Morgan fingerprint density at radius 1 is 0.423 bits per heavy atom. The third-order valence-corrected chi connectivity index (χ3v) is 10.7. The Kier molecular flexibility index (Phi) is 6.80. The van der Waals surface area contributed by atoms with E-state index in [4.69, 9.17) is 15.0 Å². The third-order valence-electron chi connectivity index (χ3n) is 10.7. The van der Waals surface area contributed by atoms with Gasteiger partial charge in [-0.15, -0.1) is 0 Å². The van der Waals surface area contributed by atoms with Crippen molar-refractivity contribution in [1.29, 1.82) is 0 Å². The summed E-state index contributed by atoms with van der Waals surface area (Å²) in [5, 5.41) is 2.41. The van der Waals surface area contributed by atoms with Gasteiger partial charge < -0.3 is 0 Å². The quantitative estimate of drug-likeness (QED) is 0.184. The summed E-state index contributed by atoms with van der Waals surface area (Å²) in [7, 11) is 0. The van der Waals surface area contributed by atoms with Gasteiger partial charge in [0.05, 0.1) is 11.0 Å². The first kappa shape index (κ1) is 30.2. The van der Waals surface area contributed by atoms with Gasteiger partial charge in [-0.2, -0.15) is 9.97 Å². The first-order chi connectivity index (χ1) is 25.5. The SMILES string of the molecule is CC1(C)c2ccccc2-c2c1ccc1c2c2ccccc2n1-c1nc(-c2ccc(-c3ccccc3)cc2)nc(-c2cccc(-c3ccccc3)c2)n1. The van der Waals surface area contributed by atoms with Crippen LogP contribution in [0, 0.1) is 0 Å². The zero-order valence-corrected chi connectivity index (χ0v) is 29.0. The van der Waals surface area contributed by atoms with Crippen LogP contribution in [0.15, 0.2) is 170 Å². The van der Waals surface area contributed by atoms with Crippen molar-refractivity contribution in [1.82, 2.24) is 19.5 Å². The minimum atomic E-state index is -0.105.